The van der Waals surface area contributed by atoms with E-state index in [1.807, 2.05) is 28.5 Å². The summed E-state index contributed by atoms with van der Waals surface area (Å²) < 4.78 is 0.963. The number of para-hydroxylation sites is 1. The maximum absolute atomic E-state index is 12.2. The molecule has 0 radical (unpaired) electrons. The summed E-state index contributed by atoms with van der Waals surface area (Å²) in [7, 11) is 0. The van der Waals surface area contributed by atoms with E-state index in [0.29, 0.717) is 11.3 Å². The molecule has 0 saturated carbocycles. The number of fused-ring (bicyclic) bond motifs is 1. The topological polar surface area (TPSA) is 75.4 Å². The van der Waals surface area contributed by atoms with E-state index >= 15 is 0 Å². The van der Waals surface area contributed by atoms with Crippen LogP contribution in [0.5, 0.6) is 0 Å². The number of benzene rings is 1. The van der Waals surface area contributed by atoms with Crippen LogP contribution in [-0.4, -0.2) is 18.4 Å². The number of carbonyl (C=O) groups excluding carboxylic acids is 2. The number of nitrogens with one attached hydrogen (secondary N) is 1. The van der Waals surface area contributed by atoms with Crippen molar-refractivity contribution in [2.75, 3.05) is 11.4 Å². The minimum absolute atomic E-state index is 0.0371. The van der Waals surface area contributed by atoms with Crippen LogP contribution in [-0.2, 0) is 4.79 Å². The number of primary amides is 1. The Labute approximate surface area is 133 Å². The van der Waals surface area contributed by atoms with Crippen molar-refractivity contribution in [1.29, 1.82) is 0 Å². The average Bonchev–Trinajstić information content (AvgIpc) is 2.88. The number of thiophene rings is 1. The van der Waals surface area contributed by atoms with Gasteiger partial charge in [0.25, 0.3) is 5.91 Å². The SMILES string of the molecule is NC(=O)CN1c2ccccc2C(=O)N[C@@H]1c1csc(Br)c1. The van der Waals surface area contributed by atoms with E-state index < -0.39 is 12.1 Å². The Morgan fingerprint density at radius 2 is 2.19 bits per heavy atom. The van der Waals surface area contributed by atoms with Gasteiger partial charge in [-0.25, -0.2) is 0 Å². The highest BCUT2D eigenvalue weighted by Gasteiger charge is 2.32. The molecule has 7 heteroatoms. The van der Waals surface area contributed by atoms with E-state index in [4.69, 9.17) is 5.73 Å². The molecule has 0 saturated heterocycles. The van der Waals surface area contributed by atoms with Gasteiger partial charge in [0, 0.05) is 5.56 Å². The predicted molar refractivity (Wildman–Crippen MR) is 85.2 cm³/mol. The van der Waals surface area contributed by atoms with E-state index in [1.54, 1.807) is 12.1 Å². The zero-order valence-corrected chi connectivity index (χ0v) is 13.3. The zero-order valence-electron chi connectivity index (χ0n) is 10.9. The zero-order chi connectivity index (χ0) is 15.0. The second-order valence-electron chi connectivity index (χ2n) is 4.67. The van der Waals surface area contributed by atoms with Gasteiger partial charge in [-0.05, 0) is 39.5 Å². The largest absolute Gasteiger partial charge is 0.368 e. The van der Waals surface area contributed by atoms with Crippen LogP contribution in [0.15, 0.2) is 39.5 Å². The number of amides is 2. The van der Waals surface area contributed by atoms with Crippen molar-refractivity contribution in [3.05, 3.63) is 50.6 Å². The fourth-order valence-electron chi connectivity index (χ4n) is 2.41. The molecule has 3 rings (SSSR count). The molecule has 2 heterocycles. The van der Waals surface area contributed by atoms with Gasteiger partial charge in [-0.3, -0.25) is 9.59 Å². The van der Waals surface area contributed by atoms with Crippen molar-refractivity contribution < 1.29 is 9.59 Å². The molecule has 1 atom stereocenters. The first-order valence-electron chi connectivity index (χ1n) is 6.25. The van der Waals surface area contributed by atoms with E-state index in [-0.39, 0.29) is 12.5 Å². The summed E-state index contributed by atoms with van der Waals surface area (Å²) in [5.74, 6) is -0.598. The Bertz CT molecular complexity index is 716. The van der Waals surface area contributed by atoms with Crippen molar-refractivity contribution in [1.82, 2.24) is 5.32 Å². The second-order valence-corrected chi connectivity index (χ2v) is 6.96. The normalized spacial score (nSPS) is 17.3. The monoisotopic (exact) mass is 365 g/mol. The van der Waals surface area contributed by atoms with Crippen molar-refractivity contribution in [2.45, 2.75) is 6.17 Å². The molecule has 108 valence electrons. The molecule has 2 aromatic rings. The number of hydrogen-bond donors (Lipinski definition) is 2. The summed E-state index contributed by atoms with van der Waals surface area (Å²) in [6.45, 7) is 0.0371. The summed E-state index contributed by atoms with van der Waals surface area (Å²) in [5, 5.41) is 4.86. The van der Waals surface area contributed by atoms with E-state index in [0.717, 1.165) is 9.35 Å². The van der Waals surface area contributed by atoms with Gasteiger partial charge in [0.2, 0.25) is 5.91 Å². The van der Waals surface area contributed by atoms with Gasteiger partial charge in [-0.15, -0.1) is 11.3 Å². The number of nitrogens with zero attached hydrogens (tertiary/aromatic N) is 1. The smallest absolute Gasteiger partial charge is 0.255 e. The first-order valence-corrected chi connectivity index (χ1v) is 7.92. The summed E-state index contributed by atoms with van der Waals surface area (Å²) in [6, 6.07) is 9.12. The molecule has 1 aliphatic heterocycles. The predicted octanol–water partition coefficient (Wildman–Crippen LogP) is 2.24. The van der Waals surface area contributed by atoms with Crippen molar-refractivity contribution >= 4 is 44.8 Å². The molecule has 0 unspecified atom stereocenters. The Balaban J connectivity index is 2.08. The van der Waals surface area contributed by atoms with Gasteiger partial charge in [0.15, 0.2) is 0 Å². The van der Waals surface area contributed by atoms with Crippen LogP contribution in [0.2, 0.25) is 0 Å². The second kappa shape index (κ2) is 5.50. The summed E-state index contributed by atoms with van der Waals surface area (Å²) in [5.41, 5.74) is 7.53. The molecule has 3 N–H and O–H groups in total. The maximum Gasteiger partial charge on any atom is 0.255 e. The third-order valence-electron chi connectivity index (χ3n) is 3.27. The van der Waals surface area contributed by atoms with Crippen molar-refractivity contribution in [3.8, 4) is 0 Å². The Morgan fingerprint density at radius 3 is 2.86 bits per heavy atom. The minimum Gasteiger partial charge on any atom is -0.368 e. The number of rotatable bonds is 3. The molecule has 0 bridgehead atoms. The lowest BCUT2D eigenvalue weighted by Gasteiger charge is -2.38. The number of carbonyl (C=O) groups is 2. The Morgan fingerprint density at radius 1 is 1.43 bits per heavy atom. The van der Waals surface area contributed by atoms with Gasteiger partial charge >= 0.3 is 0 Å². The van der Waals surface area contributed by atoms with Gasteiger partial charge in [-0.2, -0.15) is 0 Å². The lowest BCUT2D eigenvalue weighted by molar-refractivity contribution is -0.116. The van der Waals surface area contributed by atoms with Crippen LogP contribution < -0.4 is 16.0 Å². The highest BCUT2D eigenvalue weighted by molar-refractivity contribution is 9.11. The first kappa shape index (κ1) is 14.1. The van der Waals surface area contributed by atoms with Gasteiger partial charge < -0.3 is 16.0 Å². The third kappa shape index (κ3) is 2.66. The molecule has 2 amide bonds. The third-order valence-corrected chi connectivity index (χ3v) is 4.79. The molecule has 21 heavy (non-hydrogen) atoms. The first-order chi connectivity index (χ1) is 10.1. The van der Waals surface area contributed by atoms with Gasteiger partial charge in [-0.1, -0.05) is 12.1 Å². The fourth-order valence-corrected chi connectivity index (χ4v) is 3.60. The summed E-state index contributed by atoms with van der Waals surface area (Å²) in [6.07, 6.45) is -0.401. The van der Waals surface area contributed by atoms with Gasteiger partial charge in [0.05, 0.1) is 21.6 Å². The van der Waals surface area contributed by atoms with E-state index in [1.165, 1.54) is 11.3 Å². The van der Waals surface area contributed by atoms with Crippen LogP contribution in [0.25, 0.3) is 0 Å². The maximum atomic E-state index is 12.2. The average molecular weight is 366 g/mol. The molecule has 0 aliphatic carbocycles. The molecule has 1 aromatic heterocycles. The van der Waals surface area contributed by atoms with Crippen molar-refractivity contribution in [3.63, 3.8) is 0 Å². The molecule has 1 aliphatic rings. The summed E-state index contributed by atoms with van der Waals surface area (Å²) in [4.78, 5) is 25.5. The molecular formula is C14H12BrN3O2S. The molecule has 0 spiro atoms. The number of hydrogen-bond acceptors (Lipinski definition) is 4. The fraction of sp³-hybridized carbons (Fsp3) is 0.143. The molecule has 5 nitrogen and oxygen atoms in total. The standard InChI is InChI=1S/C14H12BrN3O2S/c15-11-5-8(7-21-11)13-17-14(20)9-3-1-2-4-10(9)18(13)6-12(16)19/h1-5,7,13H,6H2,(H2,16,19)(H,17,20)/t13-/m0/s1. The molecule has 1 aromatic carbocycles. The number of anilines is 1. The van der Waals surface area contributed by atoms with Gasteiger partial charge in [0.1, 0.15) is 6.17 Å². The van der Waals surface area contributed by atoms with Crippen LogP contribution >= 0.6 is 27.3 Å². The highest BCUT2D eigenvalue weighted by Crippen LogP contribution is 2.35. The lowest BCUT2D eigenvalue weighted by Crippen LogP contribution is -2.49. The quantitative estimate of drug-likeness (QED) is 0.875. The summed E-state index contributed by atoms with van der Waals surface area (Å²) >= 11 is 4.94. The Hall–Kier alpha value is -1.86. The van der Waals surface area contributed by atoms with E-state index in [9.17, 15) is 9.59 Å². The minimum atomic E-state index is -0.444. The highest BCUT2D eigenvalue weighted by atomic mass is 79.9. The molecular weight excluding hydrogens is 354 g/mol. The van der Waals surface area contributed by atoms with Crippen LogP contribution in [0.4, 0.5) is 5.69 Å². The number of nitrogens with two attached hydrogens (primary N) is 1. The van der Waals surface area contributed by atoms with Crippen molar-refractivity contribution in [2.24, 2.45) is 5.73 Å². The number of halogens is 1. The molecule has 0 fully saturated rings. The van der Waals surface area contributed by atoms with E-state index in [2.05, 4.69) is 21.2 Å². The van der Waals surface area contributed by atoms with Crippen LogP contribution in [0.3, 0.4) is 0 Å². The Kier molecular flexibility index (Phi) is 3.69. The van der Waals surface area contributed by atoms with Crippen LogP contribution in [0.1, 0.15) is 22.1 Å². The lowest BCUT2D eigenvalue weighted by atomic mass is 10.0. The van der Waals surface area contributed by atoms with Crippen LogP contribution in [0, 0.1) is 0 Å².